The summed E-state index contributed by atoms with van der Waals surface area (Å²) in [6, 6.07) is -3.49. The van der Waals surface area contributed by atoms with E-state index in [1.807, 2.05) is 0 Å². The standard InChI is InChI=1S/C45H76N4O13.HI/c1-40(2,3)57-34(51)30(46-37(54)60-43(10,11)12)21-19-20-24-49-26-28(22-23-31(35(52)58-41(4,5)6)47-38(55)61-44(13,14)15)29(33(50)27-49)25-32(36(53)59-42(7,8)9)48-39(56)62-45(16,17)18;/h26-27,30-32H,19-25H2,1-18H3,(H3-,46,47,48,50,54,55,56);1H/t30-,31-,32-;/m0./s1. The molecule has 1 aromatic rings. The molecule has 362 valence electrons. The van der Waals surface area contributed by atoms with Gasteiger partial charge in [0, 0.05) is 24.0 Å². The number of amides is 3. The lowest BCUT2D eigenvalue weighted by Crippen LogP contribution is -3.00. The molecule has 17 nitrogen and oxygen atoms in total. The van der Waals surface area contributed by atoms with E-state index in [-0.39, 0.29) is 61.0 Å². The molecule has 0 aliphatic carbocycles. The second-order valence-electron chi connectivity index (χ2n) is 21.3. The van der Waals surface area contributed by atoms with E-state index < -0.39 is 87.9 Å². The van der Waals surface area contributed by atoms with Crippen LogP contribution in [0, 0.1) is 0 Å². The smallest absolute Gasteiger partial charge is 0.408 e. The van der Waals surface area contributed by atoms with Gasteiger partial charge in [-0.05, 0) is 150 Å². The van der Waals surface area contributed by atoms with Gasteiger partial charge < -0.3 is 73.5 Å². The highest BCUT2D eigenvalue weighted by molar-refractivity contribution is 5.83. The summed E-state index contributed by atoms with van der Waals surface area (Å²) in [4.78, 5) is 78.8. The molecule has 1 heterocycles. The van der Waals surface area contributed by atoms with Crippen LogP contribution in [0.3, 0.4) is 0 Å². The predicted molar refractivity (Wildman–Crippen MR) is 231 cm³/mol. The number of nitrogens with one attached hydrogen (secondary N) is 3. The molecule has 0 saturated carbocycles. The molecule has 0 unspecified atom stereocenters. The van der Waals surface area contributed by atoms with Crippen molar-refractivity contribution in [1.29, 1.82) is 0 Å². The molecule has 0 spiro atoms. The molecular formula is C45H77IN4O13. The number of aromatic hydroxyl groups is 1. The monoisotopic (exact) mass is 1010 g/mol. The first-order chi connectivity index (χ1) is 27.8. The number of unbranched alkanes of at least 4 members (excludes halogenated alkanes) is 1. The van der Waals surface area contributed by atoms with E-state index in [9.17, 15) is 33.9 Å². The van der Waals surface area contributed by atoms with Crippen LogP contribution in [-0.2, 0) is 62.2 Å². The van der Waals surface area contributed by atoms with Crippen LogP contribution in [0.2, 0.25) is 0 Å². The number of esters is 3. The SMILES string of the molecule is CC(C)(C)OC(=O)N[C@@H](CCCC[n+]1cc(O)c(C[C@H](NC(=O)OC(C)(C)C)C(=O)OC(C)(C)C)c(CC[C@H](NC(=O)OC(C)(C)C)C(=O)OC(C)(C)C)c1)C(=O)OC(C)(C)C.[I-]. The van der Waals surface area contributed by atoms with Gasteiger partial charge in [0.15, 0.2) is 11.9 Å². The third-order valence-electron chi connectivity index (χ3n) is 7.72. The van der Waals surface area contributed by atoms with Crippen LogP contribution in [0.1, 0.15) is 161 Å². The second kappa shape index (κ2) is 23.7. The average molecular weight is 1010 g/mol. The fourth-order valence-electron chi connectivity index (χ4n) is 5.60. The number of alkyl carbamates (subject to hydrolysis) is 3. The molecule has 1 rings (SSSR count). The molecule has 0 aliphatic rings. The Bertz CT molecular complexity index is 1710. The van der Waals surface area contributed by atoms with Crippen LogP contribution in [0.5, 0.6) is 5.75 Å². The van der Waals surface area contributed by atoms with Crippen molar-refractivity contribution in [1.82, 2.24) is 16.0 Å². The lowest BCUT2D eigenvalue weighted by Gasteiger charge is -2.27. The number of hydrogen-bond acceptors (Lipinski definition) is 13. The second-order valence-corrected chi connectivity index (χ2v) is 21.3. The van der Waals surface area contributed by atoms with Crippen molar-refractivity contribution in [2.24, 2.45) is 0 Å². The van der Waals surface area contributed by atoms with Crippen LogP contribution >= 0.6 is 0 Å². The Morgan fingerprint density at radius 3 is 1.21 bits per heavy atom. The number of carbonyl (C=O) groups is 6. The quantitative estimate of drug-likeness (QED) is 0.0606. The van der Waals surface area contributed by atoms with E-state index in [0.717, 1.165) is 0 Å². The van der Waals surface area contributed by atoms with Crippen LogP contribution < -0.4 is 44.5 Å². The Kier molecular flexibility index (Phi) is 22.2. The molecule has 0 fully saturated rings. The van der Waals surface area contributed by atoms with Gasteiger partial charge >= 0.3 is 36.2 Å². The van der Waals surface area contributed by atoms with Gasteiger partial charge in [-0.3, -0.25) is 0 Å². The fraction of sp³-hybridized carbons (Fsp3) is 0.756. The van der Waals surface area contributed by atoms with E-state index in [4.69, 9.17) is 28.4 Å². The Labute approximate surface area is 392 Å². The molecule has 3 amide bonds. The zero-order valence-electron chi connectivity index (χ0n) is 41.0. The van der Waals surface area contributed by atoms with Crippen LogP contribution in [0.4, 0.5) is 14.4 Å². The minimum absolute atomic E-state index is 0. The first kappa shape index (κ1) is 58.9. The average Bonchev–Trinajstić information content (AvgIpc) is 3.00. The van der Waals surface area contributed by atoms with Crippen molar-refractivity contribution in [2.75, 3.05) is 0 Å². The van der Waals surface area contributed by atoms with E-state index in [2.05, 4.69) is 16.0 Å². The van der Waals surface area contributed by atoms with Crippen molar-refractivity contribution >= 4 is 36.2 Å². The summed E-state index contributed by atoms with van der Waals surface area (Å²) >= 11 is 0. The Hall–Kier alpha value is -4.10. The van der Waals surface area contributed by atoms with E-state index in [0.29, 0.717) is 24.9 Å². The van der Waals surface area contributed by atoms with Crippen LogP contribution in [0.25, 0.3) is 0 Å². The largest absolute Gasteiger partial charge is 1.00 e. The molecule has 3 atom stereocenters. The van der Waals surface area contributed by atoms with Gasteiger partial charge in [0.05, 0.1) is 0 Å². The molecule has 0 radical (unpaired) electrons. The Morgan fingerprint density at radius 1 is 0.508 bits per heavy atom. The number of aromatic nitrogens is 1. The Morgan fingerprint density at radius 2 is 0.841 bits per heavy atom. The van der Waals surface area contributed by atoms with Crippen LogP contribution in [-0.4, -0.2) is 93.0 Å². The minimum atomic E-state index is -1.31. The van der Waals surface area contributed by atoms with Gasteiger partial charge in [-0.15, -0.1) is 0 Å². The third kappa shape index (κ3) is 27.0. The van der Waals surface area contributed by atoms with Gasteiger partial charge in [-0.1, -0.05) is 0 Å². The molecule has 0 bridgehead atoms. The molecule has 4 N–H and O–H groups in total. The number of pyridine rings is 1. The highest BCUT2D eigenvalue weighted by Crippen LogP contribution is 2.25. The summed E-state index contributed by atoms with van der Waals surface area (Å²) < 4.78 is 34.9. The number of ether oxygens (including phenoxy) is 6. The van der Waals surface area contributed by atoms with Crippen LogP contribution in [0.15, 0.2) is 12.4 Å². The maximum atomic E-state index is 13.6. The zero-order chi connectivity index (χ0) is 48.2. The normalized spacial score (nSPS) is 13.8. The maximum absolute atomic E-state index is 13.6. The minimum Gasteiger partial charge on any atom is -1.00 e. The van der Waals surface area contributed by atoms with E-state index in [1.165, 1.54) is 6.20 Å². The number of halogens is 1. The summed E-state index contributed by atoms with van der Waals surface area (Å²) in [6.45, 7) is 30.9. The topological polar surface area (TPSA) is 218 Å². The third-order valence-corrected chi connectivity index (χ3v) is 7.72. The zero-order valence-corrected chi connectivity index (χ0v) is 43.2. The first-order valence-corrected chi connectivity index (χ1v) is 21.2. The highest BCUT2D eigenvalue weighted by Gasteiger charge is 2.34. The van der Waals surface area contributed by atoms with Crippen molar-refractivity contribution < 1.29 is 90.8 Å². The highest BCUT2D eigenvalue weighted by atomic mass is 127. The van der Waals surface area contributed by atoms with E-state index >= 15 is 0 Å². The lowest BCUT2D eigenvalue weighted by molar-refractivity contribution is -0.698. The Balaban J connectivity index is 0.0000384. The summed E-state index contributed by atoms with van der Waals surface area (Å²) in [5.41, 5.74) is -4.40. The number of hydrogen-bond donors (Lipinski definition) is 4. The van der Waals surface area contributed by atoms with E-state index in [1.54, 1.807) is 135 Å². The molecule has 63 heavy (non-hydrogen) atoms. The number of carbonyl (C=O) groups excluding carboxylic acids is 6. The van der Waals surface area contributed by atoms with Gasteiger partial charge in [0.2, 0.25) is 6.20 Å². The molecule has 1 aromatic heterocycles. The summed E-state index contributed by atoms with van der Waals surface area (Å²) in [5.74, 6) is -2.33. The molecule has 0 aromatic carbocycles. The molecule has 0 saturated heterocycles. The van der Waals surface area contributed by atoms with Crippen molar-refractivity contribution in [3.8, 4) is 5.75 Å². The van der Waals surface area contributed by atoms with Gasteiger partial charge in [0.1, 0.15) is 58.3 Å². The molecule has 0 aliphatic heterocycles. The first-order valence-electron chi connectivity index (χ1n) is 21.2. The molecular weight excluding hydrogens is 931 g/mol. The van der Waals surface area contributed by atoms with Gasteiger partial charge in [-0.25, -0.2) is 33.3 Å². The van der Waals surface area contributed by atoms with Crippen molar-refractivity contribution in [3.05, 3.63) is 23.5 Å². The maximum Gasteiger partial charge on any atom is 0.408 e. The fourth-order valence-corrected chi connectivity index (χ4v) is 5.60. The van der Waals surface area contributed by atoms with Gasteiger partial charge in [0.25, 0.3) is 0 Å². The summed E-state index contributed by atoms with van der Waals surface area (Å²) in [6.07, 6.45) is 1.66. The van der Waals surface area contributed by atoms with Crippen molar-refractivity contribution in [2.45, 2.75) is 221 Å². The number of nitrogens with zero attached hydrogens (tertiary/aromatic N) is 1. The lowest BCUT2D eigenvalue weighted by atomic mass is 9.96. The summed E-state index contributed by atoms with van der Waals surface area (Å²) in [5, 5.41) is 19.5. The predicted octanol–water partition coefficient (Wildman–Crippen LogP) is 4.03. The number of rotatable bonds is 16. The van der Waals surface area contributed by atoms with Gasteiger partial charge in [-0.2, -0.15) is 0 Å². The number of aryl methyl sites for hydroxylation is 2. The van der Waals surface area contributed by atoms with Crippen molar-refractivity contribution in [3.63, 3.8) is 0 Å². The summed E-state index contributed by atoms with van der Waals surface area (Å²) in [7, 11) is 0. The molecule has 18 heteroatoms.